The van der Waals surface area contributed by atoms with Gasteiger partial charge in [-0.3, -0.25) is 14.9 Å². The number of amides is 1. The number of nitro groups is 1. The lowest BCUT2D eigenvalue weighted by Crippen LogP contribution is -2.29. The molecule has 23 heavy (non-hydrogen) atoms. The Kier molecular flexibility index (Phi) is 3.53. The average Bonchev–Trinajstić information content (AvgIpc) is 2.78. The molecule has 0 saturated carbocycles. The molecule has 0 unspecified atom stereocenters. The van der Waals surface area contributed by atoms with Crippen molar-refractivity contribution < 1.29 is 14.9 Å². The van der Waals surface area contributed by atoms with Gasteiger partial charge in [-0.15, -0.1) is 0 Å². The zero-order chi connectivity index (χ0) is 16.6. The standard InChI is InChI=1S/C16H13N3O4/c1-10-3-2-4-11(7-10)9-18-14-6-5-12(19(22)23)8-13(14)15(17-21)16(18)20/h2-8,21H,9H2,1H3/b17-15-. The number of carbonyl (C=O) groups is 1. The molecule has 1 heterocycles. The van der Waals surface area contributed by atoms with Crippen LogP contribution < -0.4 is 4.90 Å². The van der Waals surface area contributed by atoms with Crippen LogP contribution in [0.1, 0.15) is 16.7 Å². The number of nitro benzene ring substituents is 1. The Hall–Kier alpha value is -3.22. The lowest BCUT2D eigenvalue weighted by Gasteiger charge is -2.17. The van der Waals surface area contributed by atoms with Crippen molar-refractivity contribution in [3.05, 3.63) is 69.3 Å². The monoisotopic (exact) mass is 311 g/mol. The zero-order valence-corrected chi connectivity index (χ0v) is 12.3. The second-order valence-electron chi connectivity index (χ2n) is 5.29. The van der Waals surface area contributed by atoms with E-state index in [9.17, 15) is 14.9 Å². The molecule has 7 nitrogen and oxygen atoms in total. The molecule has 0 saturated heterocycles. The summed E-state index contributed by atoms with van der Waals surface area (Å²) in [5, 5.41) is 23.0. The molecule has 1 amide bonds. The molecule has 7 heteroatoms. The number of nitrogens with zero attached hydrogens (tertiary/aromatic N) is 3. The number of anilines is 1. The molecule has 0 radical (unpaired) electrons. The number of carbonyl (C=O) groups excluding carboxylic acids is 1. The van der Waals surface area contributed by atoms with Crippen LogP contribution in [0.15, 0.2) is 47.6 Å². The molecule has 0 fully saturated rings. The summed E-state index contributed by atoms with van der Waals surface area (Å²) in [4.78, 5) is 24.2. The molecular weight excluding hydrogens is 298 g/mol. The first kappa shape index (κ1) is 14.7. The topological polar surface area (TPSA) is 96.0 Å². The number of oxime groups is 1. The van der Waals surface area contributed by atoms with E-state index in [0.29, 0.717) is 12.2 Å². The Morgan fingerprint density at radius 1 is 1.26 bits per heavy atom. The maximum Gasteiger partial charge on any atom is 0.281 e. The summed E-state index contributed by atoms with van der Waals surface area (Å²) < 4.78 is 0. The minimum atomic E-state index is -0.553. The van der Waals surface area contributed by atoms with Gasteiger partial charge in [0, 0.05) is 17.7 Å². The molecule has 0 spiro atoms. The normalized spacial score (nSPS) is 15.1. The maximum absolute atomic E-state index is 12.4. The van der Waals surface area contributed by atoms with Crippen molar-refractivity contribution in [1.29, 1.82) is 0 Å². The van der Waals surface area contributed by atoms with Crippen molar-refractivity contribution in [1.82, 2.24) is 0 Å². The van der Waals surface area contributed by atoms with Crippen LogP contribution in [0.4, 0.5) is 11.4 Å². The fraction of sp³-hybridized carbons (Fsp3) is 0.125. The summed E-state index contributed by atoms with van der Waals surface area (Å²) in [5.74, 6) is -0.482. The van der Waals surface area contributed by atoms with Crippen molar-refractivity contribution >= 4 is 23.0 Å². The molecule has 0 aromatic heterocycles. The van der Waals surface area contributed by atoms with Crippen molar-refractivity contribution in [3.63, 3.8) is 0 Å². The van der Waals surface area contributed by atoms with Gasteiger partial charge in [-0.2, -0.15) is 0 Å². The maximum atomic E-state index is 12.4. The summed E-state index contributed by atoms with van der Waals surface area (Å²) in [7, 11) is 0. The van der Waals surface area contributed by atoms with Crippen LogP contribution in [0.25, 0.3) is 0 Å². The number of aryl methyl sites for hydroxylation is 1. The van der Waals surface area contributed by atoms with Crippen molar-refractivity contribution in [2.45, 2.75) is 13.5 Å². The number of rotatable bonds is 3. The lowest BCUT2D eigenvalue weighted by molar-refractivity contribution is -0.384. The summed E-state index contributed by atoms with van der Waals surface area (Å²) in [6.07, 6.45) is 0. The molecule has 2 aromatic rings. The molecule has 1 aliphatic rings. The molecule has 1 N–H and O–H groups in total. The number of non-ortho nitro benzene ring substituents is 1. The van der Waals surface area contributed by atoms with Gasteiger partial charge in [0.1, 0.15) is 0 Å². The highest BCUT2D eigenvalue weighted by molar-refractivity contribution is 6.54. The first-order valence-electron chi connectivity index (χ1n) is 6.89. The van der Waals surface area contributed by atoms with Crippen molar-refractivity contribution in [2.75, 3.05) is 4.90 Å². The fourth-order valence-corrected chi connectivity index (χ4v) is 2.66. The third-order valence-electron chi connectivity index (χ3n) is 3.71. The van der Waals surface area contributed by atoms with Crippen LogP contribution in [-0.4, -0.2) is 21.7 Å². The molecule has 0 aliphatic carbocycles. The molecule has 0 bridgehead atoms. The number of fused-ring (bicyclic) bond motifs is 1. The lowest BCUT2D eigenvalue weighted by atomic mass is 10.1. The van der Waals surface area contributed by atoms with E-state index in [4.69, 9.17) is 5.21 Å². The number of benzene rings is 2. The fourth-order valence-electron chi connectivity index (χ4n) is 2.66. The second-order valence-corrected chi connectivity index (χ2v) is 5.29. The molecule has 3 rings (SSSR count). The summed E-state index contributed by atoms with van der Waals surface area (Å²) in [6, 6.07) is 11.8. The van der Waals surface area contributed by atoms with Gasteiger partial charge >= 0.3 is 0 Å². The van der Waals surface area contributed by atoms with Crippen LogP contribution in [0, 0.1) is 17.0 Å². The predicted octanol–water partition coefficient (Wildman–Crippen LogP) is 2.63. The van der Waals surface area contributed by atoms with Crippen LogP contribution >= 0.6 is 0 Å². The van der Waals surface area contributed by atoms with E-state index in [1.165, 1.54) is 23.1 Å². The smallest absolute Gasteiger partial charge is 0.281 e. The van der Waals surface area contributed by atoms with Gasteiger partial charge in [0.05, 0.1) is 17.2 Å². The van der Waals surface area contributed by atoms with Crippen LogP contribution in [0.2, 0.25) is 0 Å². The highest BCUT2D eigenvalue weighted by Crippen LogP contribution is 2.33. The van der Waals surface area contributed by atoms with Gasteiger partial charge in [0.25, 0.3) is 11.6 Å². The van der Waals surface area contributed by atoms with Crippen LogP contribution in [-0.2, 0) is 11.3 Å². The summed E-state index contributed by atoms with van der Waals surface area (Å²) in [5.41, 5.74) is 2.40. The minimum absolute atomic E-state index is 0.157. The molecular formula is C16H13N3O4. The SMILES string of the molecule is Cc1cccc(CN2C(=O)/C(=N\O)c3cc([N+](=O)[O-])ccc32)c1. The van der Waals surface area contributed by atoms with E-state index in [-0.39, 0.29) is 17.0 Å². The summed E-state index contributed by atoms with van der Waals surface area (Å²) in [6.45, 7) is 2.25. The Labute approximate surface area is 131 Å². The molecule has 116 valence electrons. The third-order valence-corrected chi connectivity index (χ3v) is 3.71. The highest BCUT2D eigenvalue weighted by Gasteiger charge is 2.35. The first-order valence-corrected chi connectivity index (χ1v) is 6.89. The van der Waals surface area contributed by atoms with Crippen molar-refractivity contribution in [3.8, 4) is 0 Å². The average molecular weight is 311 g/mol. The van der Waals surface area contributed by atoms with E-state index in [1.54, 1.807) is 0 Å². The van der Waals surface area contributed by atoms with Gasteiger partial charge in [-0.25, -0.2) is 0 Å². The number of hydrogen-bond acceptors (Lipinski definition) is 5. The van der Waals surface area contributed by atoms with E-state index in [1.807, 2.05) is 31.2 Å². The van der Waals surface area contributed by atoms with Gasteiger partial charge in [-0.1, -0.05) is 35.0 Å². The van der Waals surface area contributed by atoms with Gasteiger partial charge in [0.15, 0.2) is 5.71 Å². The van der Waals surface area contributed by atoms with Gasteiger partial charge < -0.3 is 10.1 Å². The predicted molar refractivity (Wildman–Crippen MR) is 83.8 cm³/mol. The van der Waals surface area contributed by atoms with Crippen molar-refractivity contribution in [2.24, 2.45) is 5.16 Å². The molecule has 0 atom stereocenters. The Morgan fingerprint density at radius 3 is 2.70 bits per heavy atom. The minimum Gasteiger partial charge on any atom is -0.410 e. The first-order chi connectivity index (χ1) is 11.0. The Balaban J connectivity index is 2.04. The second kappa shape index (κ2) is 5.53. The highest BCUT2D eigenvalue weighted by atomic mass is 16.6. The molecule has 2 aromatic carbocycles. The zero-order valence-electron chi connectivity index (χ0n) is 12.3. The quantitative estimate of drug-likeness (QED) is 0.535. The third kappa shape index (κ3) is 2.52. The largest absolute Gasteiger partial charge is 0.410 e. The van der Waals surface area contributed by atoms with E-state index in [2.05, 4.69) is 5.16 Å². The van der Waals surface area contributed by atoms with E-state index < -0.39 is 10.8 Å². The van der Waals surface area contributed by atoms with E-state index in [0.717, 1.165) is 11.1 Å². The Bertz CT molecular complexity index is 845. The van der Waals surface area contributed by atoms with Crippen LogP contribution in [0.5, 0.6) is 0 Å². The van der Waals surface area contributed by atoms with E-state index >= 15 is 0 Å². The summed E-state index contributed by atoms with van der Waals surface area (Å²) >= 11 is 0. The van der Waals surface area contributed by atoms with Gasteiger partial charge in [0.2, 0.25) is 0 Å². The molecule has 1 aliphatic heterocycles. The number of hydrogen-bond donors (Lipinski definition) is 1. The Morgan fingerprint density at radius 2 is 2.04 bits per heavy atom. The van der Waals surface area contributed by atoms with Crippen LogP contribution in [0.3, 0.4) is 0 Å². The van der Waals surface area contributed by atoms with Gasteiger partial charge in [-0.05, 0) is 18.6 Å².